The Hall–Kier alpha value is -3.46. The van der Waals surface area contributed by atoms with Crippen molar-refractivity contribution in [2.24, 2.45) is 0 Å². The van der Waals surface area contributed by atoms with Crippen LogP contribution in [0.25, 0.3) is 28.0 Å². The largest absolute Gasteiger partial charge is 0.306 e. The van der Waals surface area contributed by atoms with Crippen LogP contribution in [0.1, 0.15) is 10.4 Å². The topological polar surface area (TPSA) is 88.0 Å². The summed E-state index contributed by atoms with van der Waals surface area (Å²) in [5.41, 5.74) is 3.79. The third-order valence-corrected chi connectivity index (χ3v) is 5.04. The zero-order chi connectivity index (χ0) is 21.4. The first kappa shape index (κ1) is 24.2. The number of anilines is 1. The van der Waals surface area contributed by atoms with Crippen LogP contribution < -0.4 is 5.32 Å². The number of aromatic nitrogens is 5. The summed E-state index contributed by atoms with van der Waals surface area (Å²) in [4.78, 5) is 20.8. The number of hydrogen-bond acceptors (Lipinski definition) is 4. The van der Waals surface area contributed by atoms with Crippen molar-refractivity contribution >= 4 is 53.8 Å². The van der Waals surface area contributed by atoms with E-state index in [0.29, 0.717) is 16.3 Å². The summed E-state index contributed by atoms with van der Waals surface area (Å²) in [6.07, 6.45) is 8.49. The first-order valence-corrected chi connectivity index (χ1v) is 9.65. The Morgan fingerprint density at radius 1 is 0.970 bits per heavy atom. The summed E-state index contributed by atoms with van der Waals surface area (Å²) in [6, 6.07) is 11.4. The molecule has 0 aliphatic rings. The van der Waals surface area contributed by atoms with Crippen molar-refractivity contribution in [3.05, 3.63) is 89.9 Å². The van der Waals surface area contributed by atoms with Crippen LogP contribution in [0.4, 0.5) is 10.2 Å². The van der Waals surface area contributed by atoms with E-state index in [9.17, 15) is 9.18 Å². The molecule has 0 bridgehead atoms. The summed E-state index contributed by atoms with van der Waals surface area (Å²) < 4.78 is 16.7. The van der Waals surface area contributed by atoms with Crippen molar-refractivity contribution in [3.8, 4) is 22.4 Å². The molecule has 2 N–H and O–H groups in total. The Morgan fingerprint density at radius 3 is 2.48 bits per heavy atom. The molecule has 33 heavy (non-hydrogen) atoms. The van der Waals surface area contributed by atoms with Crippen molar-refractivity contribution in [1.82, 2.24) is 24.6 Å². The molecule has 1 amide bonds. The molecule has 0 aliphatic carbocycles. The van der Waals surface area contributed by atoms with Crippen molar-refractivity contribution < 1.29 is 9.18 Å². The molecule has 0 fully saturated rings. The van der Waals surface area contributed by atoms with E-state index in [0.717, 1.165) is 16.8 Å². The fourth-order valence-electron chi connectivity index (χ4n) is 3.27. The minimum Gasteiger partial charge on any atom is -0.306 e. The van der Waals surface area contributed by atoms with Crippen molar-refractivity contribution in [2.45, 2.75) is 0 Å². The standard InChI is InChI=1S/C22H14ClFN6O.2ClH/c23-16-3-5-20(25-10-16)29-22(31)17-4-1-13(7-18(17)24)19-11-26-21-6-2-14(12-30(19)21)15-8-27-28-9-15;;/h1-12H,(H,27,28)(H,25,29,31);2*1H. The number of rotatable bonds is 4. The number of carbonyl (C=O) groups is 1. The Labute approximate surface area is 204 Å². The van der Waals surface area contributed by atoms with Crippen molar-refractivity contribution in [2.75, 3.05) is 5.32 Å². The van der Waals surface area contributed by atoms with Crippen LogP contribution in [0.5, 0.6) is 0 Å². The molecule has 1 aromatic carbocycles. The second-order valence-electron chi connectivity index (χ2n) is 6.79. The van der Waals surface area contributed by atoms with Gasteiger partial charge in [-0.25, -0.2) is 14.4 Å². The van der Waals surface area contributed by atoms with Crippen LogP contribution in [0.3, 0.4) is 0 Å². The molecular weight excluding hydrogens is 490 g/mol. The van der Waals surface area contributed by atoms with E-state index >= 15 is 0 Å². The molecule has 168 valence electrons. The van der Waals surface area contributed by atoms with Gasteiger partial charge in [0, 0.05) is 35.3 Å². The minimum absolute atomic E-state index is 0. The normalized spacial score (nSPS) is 10.4. The summed E-state index contributed by atoms with van der Waals surface area (Å²) in [5.74, 6) is -0.962. The second kappa shape index (κ2) is 9.99. The van der Waals surface area contributed by atoms with Crippen LogP contribution in [-0.4, -0.2) is 30.5 Å². The molecule has 0 spiro atoms. The lowest BCUT2D eigenvalue weighted by molar-refractivity contribution is 0.102. The number of hydrogen-bond donors (Lipinski definition) is 2. The Bertz CT molecular complexity index is 1400. The third kappa shape index (κ3) is 4.83. The van der Waals surface area contributed by atoms with Gasteiger partial charge in [-0.1, -0.05) is 17.7 Å². The van der Waals surface area contributed by atoms with E-state index < -0.39 is 11.7 Å². The quantitative estimate of drug-likeness (QED) is 0.329. The Morgan fingerprint density at radius 2 is 1.79 bits per heavy atom. The predicted octanol–water partition coefficient (Wildman–Crippen LogP) is 5.67. The molecule has 0 saturated heterocycles. The summed E-state index contributed by atoms with van der Waals surface area (Å²) >= 11 is 5.79. The first-order valence-electron chi connectivity index (χ1n) is 9.27. The number of nitrogens with zero attached hydrogens (tertiary/aromatic N) is 4. The summed E-state index contributed by atoms with van der Waals surface area (Å²) in [7, 11) is 0. The van der Waals surface area contributed by atoms with Crippen molar-refractivity contribution in [3.63, 3.8) is 0 Å². The number of imidazole rings is 1. The first-order chi connectivity index (χ1) is 15.1. The van der Waals surface area contributed by atoms with Crippen LogP contribution in [-0.2, 0) is 0 Å². The molecule has 11 heteroatoms. The van der Waals surface area contributed by atoms with E-state index in [1.807, 2.05) is 22.7 Å². The highest BCUT2D eigenvalue weighted by atomic mass is 35.5. The van der Waals surface area contributed by atoms with Crippen molar-refractivity contribution in [1.29, 1.82) is 0 Å². The number of aromatic amines is 1. The van der Waals surface area contributed by atoms with Gasteiger partial charge < -0.3 is 5.32 Å². The molecule has 0 atom stereocenters. The summed E-state index contributed by atoms with van der Waals surface area (Å²) in [5, 5.41) is 9.76. The number of pyridine rings is 2. The van der Waals surface area contributed by atoms with Gasteiger partial charge in [0.2, 0.25) is 0 Å². The van der Waals surface area contributed by atoms with Gasteiger partial charge in [-0.3, -0.25) is 14.3 Å². The highest BCUT2D eigenvalue weighted by molar-refractivity contribution is 6.30. The molecular formula is C22H16Cl3FN6O. The molecule has 0 unspecified atom stereocenters. The van der Waals surface area contributed by atoms with Gasteiger partial charge in [0.25, 0.3) is 5.91 Å². The molecule has 5 rings (SSSR count). The molecule has 0 saturated carbocycles. The molecule has 4 heterocycles. The van der Waals surface area contributed by atoms with Crippen LogP contribution in [0.2, 0.25) is 5.02 Å². The van der Waals surface area contributed by atoms with Gasteiger partial charge >= 0.3 is 0 Å². The summed E-state index contributed by atoms with van der Waals surface area (Å²) in [6.45, 7) is 0. The fourth-order valence-corrected chi connectivity index (χ4v) is 3.38. The molecule has 4 aromatic heterocycles. The van der Waals surface area contributed by atoms with Gasteiger partial charge in [-0.15, -0.1) is 24.8 Å². The predicted molar refractivity (Wildman–Crippen MR) is 130 cm³/mol. The molecule has 0 radical (unpaired) electrons. The van der Waals surface area contributed by atoms with E-state index in [1.165, 1.54) is 18.3 Å². The maximum atomic E-state index is 14.8. The van der Waals surface area contributed by atoms with Gasteiger partial charge in [-0.05, 0) is 36.4 Å². The average molecular weight is 506 g/mol. The van der Waals surface area contributed by atoms with Gasteiger partial charge in [0.05, 0.1) is 28.7 Å². The monoisotopic (exact) mass is 504 g/mol. The number of halogens is 4. The number of fused-ring (bicyclic) bond motifs is 1. The van der Waals surface area contributed by atoms with Gasteiger partial charge in [-0.2, -0.15) is 5.10 Å². The number of nitrogens with one attached hydrogen (secondary N) is 2. The lowest BCUT2D eigenvalue weighted by atomic mass is 10.1. The Kier molecular flexibility index (Phi) is 7.33. The molecule has 7 nitrogen and oxygen atoms in total. The van der Waals surface area contributed by atoms with E-state index in [1.54, 1.807) is 36.8 Å². The van der Waals surface area contributed by atoms with E-state index in [-0.39, 0.29) is 36.2 Å². The molecule has 0 aliphatic heterocycles. The molecule has 5 aromatic rings. The van der Waals surface area contributed by atoms with Gasteiger partial charge in [0.1, 0.15) is 17.3 Å². The van der Waals surface area contributed by atoms with Crippen LogP contribution in [0.15, 0.2) is 73.4 Å². The zero-order valence-electron chi connectivity index (χ0n) is 16.7. The maximum Gasteiger partial charge on any atom is 0.259 e. The lowest BCUT2D eigenvalue weighted by Crippen LogP contribution is -2.14. The minimum atomic E-state index is -0.648. The van der Waals surface area contributed by atoms with E-state index in [2.05, 4.69) is 25.5 Å². The highest BCUT2D eigenvalue weighted by Gasteiger charge is 2.15. The second-order valence-corrected chi connectivity index (χ2v) is 7.22. The van der Waals surface area contributed by atoms with Gasteiger partial charge in [0.15, 0.2) is 0 Å². The third-order valence-electron chi connectivity index (χ3n) is 4.82. The zero-order valence-corrected chi connectivity index (χ0v) is 19.1. The smallest absolute Gasteiger partial charge is 0.259 e. The number of H-pyrrole nitrogens is 1. The number of carbonyl (C=O) groups excluding carboxylic acids is 1. The fraction of sp³-hybridized carbons (Fsp3) is 0. The number of amides is 1. The average Bonchev–Trinajstić information content (AvgIpc) is 3.45. The maximum absolute atomic E-state index is 14.8. The van der Waals surface area contributed by atoms with Crippen LogP contribution in [0, 0.1) is 5.82 Å². The lowest BCUT2D eigenvalue weighted by Gasteiger charge is -2.08. The van der Waals surface area contributed by atoms with E-state index in [4.69, 9.17) is 11.6 Å². The number of benzene rings is 1. The highest BCUT2D eigenvalue weighted by Crippen LogP contribution is 2.26. The van der Waals surface area contributed by atoms with Crippen LogP contribution >= 0.6 is 36.4 Å². The SMILES string of the molecule is Cl.Cl.O=C(Nc1ccc(Cl)cn1)c1ccc(-c2cnc3ccc(-c4cn[nH]c4)cn23)cc1F. The Balaban J connectivity index is 0.00000153.